The lowest BCUT2D eigenvalue weighted by Gasteiger charge is -2.29. The van der Waals surface area contributed by atoms with Crippen molar-refractivity contribution < 1.29 is 19.2 Å². The van der Waals surface area contributed by atoms with Crippen LogP contribution in [0.4, 0.5) is 11.4 Å². The number of para-hydroxylation sites is 1. The number of aromatic nitrogens is 3. The van der Waals surface area contributed by atoms with Gasteiger partial charge in [0.1, 0.15) is 5.75 Å². The number of hydrogen-bond donors (Lipinski definition) is 1. The van der Waals surface area contributed by atoms with E-state index >= 15 is 0 Å². The number of nitrogens with one attached hydrogen (secondary N) is 1. The second-order valence-electron chi connectivity index (χ2n) is 12.2. The Morgan fingerprint density at radius 2 is 1.76 bits per heavy atom. The molecule has 0 fully saturated rings. The van der Waals surface area contributed by atoms with Crippen LogP contribution in [0.2, 0.25) is 0 Å². The number of H-pyrrole nitrogens is 1. The van der Waals surface area contributed by atoms with E-state index in [-0.39, 0.29) is 24.0 Å². The molecule has 1 aliphatic rings. The summed E-state index contributed by atoms with van der Waals surface area (Å²) in [5, 5.41) is 20.0. The van der Waals surface area contributed by atoms with Crippen LogP contribution in [-0.2, 0) is 26.6 Å². The minimum absolute atomic E-state index is 0.145. The van der Waals surface area contributed by atoms with Crippen molar-refractivity contribution in [2.75, 3.05) is 18.6 Å². The predicted octanol–water partition coefficient (Wildman–Crippen LogP) is 6.84. The molecule has 1 N–H and O–H groups in total. The average molecular weight is 655 g/mol. The molecular weight excluding hydrogens is 620 g/mol. The third-order valence-electron chi connectivity index (χ3n) is 9.41. The number of fused-ring (bicyclic) bond motifs is 2. The minimum atomic E-state index is -0.475. The maximum absolute atomic E-state index is 14.7. The number of benzene rings is 4. The van der Waals surface area contributed by atoms with Gasteiger partial charge in [0.15, 0.2) is 0 Å². The van der Waals surface area contributed by atoms with Crippen LogP contribution in [0.25, 0.3) is 22.2 Å². The van der Waals surface area contributed by atoms with E-state index in [0.29, 0.717) is 52.6 Å². The van der Waals surface area contributed by atoms with Gasteiger partial charge in [-0.25, -0.2) is 0 Å². The monoisotopic (exact) mass is 654 g/mol. The number of ether oxygens (including phenoxy) is 1. The van der Waals surface area contributed by atoms with Gasteiger partial charge in [0.25, 0.3) is 17.5 Å². The quantitative estimate of drug-likeness (QED) is 0.142. The maximum Gasteiger partial charge on any atom is 0.270 e. The first kappa shape index (κ1) is 31.4. The molecule has 2 aromatic heterocycles. The van der Waals surface area contributed by atoms with Gasteiger partial charge in [0.2, 0.25) is 0 Å². The maximum atomic E-state index is 14.7. The second kappa shape index (κ2) is 12.8. The molecule has 4 aromatic carbocycles. The van der Waals surface area contributed by atoms with Crippen molar-refractivity contribution in [1.29, 1.82) is 0 Å². The molecule has 0 bridgehead atoms. The molecular formula is C38H34N6O5. The smallest absolute Gasteiger partial charge is 0.270 e. The van der Waals surface area contributed by atoms with Crippen molar-refractivity contribution in [1.82, 2.24) is 19.7 Å². The lowest BCUT2D eigenvalue weighted by Crippen LogP contribution is -2.36. The third-order valence-corrected chi connectivity index (χ3v) is 9.41. The lowest BCUT2D eigenvalue weighted by atomic mass is 9.97. The summed E-state index contributed by atoms with van der Waals surface area (Å²) in [7, 11) is 3.39. The number of nitro groups is 1. The van der Waals surface area contributed by atoms with Gasteiger partial charge in [-0.15, -0.1) is 0 Å². The van der Waals surface area contributed by atoms with Crippen molar-refractivity contribution in [3.05, 3.63) is 141 Å². The van der Waals surface area contributed by atoms with Gasteiger partial charge in [-0.05, 0) is 60.9 Å². The molecule has 11 nitrogen and oxygen atoms in total. The molecule has 11 heteroatoms. The Hall–Kier alpha value is -6.23. The van der Waals surface area contributed by atoms with E-state index in [1.54, 1.807) is 36.2 Å². The van der Waals surface area contributed by atoms with Gasteiger partial charge in [-0.1, -0.05) is 42.5 Å². The Morgan fingerprint density at radius 3 is 2.55 bits per heavy atom. The van der Waals surface area contributed by atoms with Gasteiger partial charge in [0, 0.05) is 71.4 Å². The number of rotatable bonds is 8. The molecule has 0 aliphatic carbocycles. The topological polar surface area (TPSA) is 127 Å². The molecule has 2 amide bonds. The number of anilines is 1. The number of aromatic amines is 1. The normalized spacial score (nSPS) is 12.5. The van der Waals surface area contributed by atoms with Crippen molar-refractivity contribution in [2.45, 2.75) is 26.4 Å². The van der Waals surface area contributed by atoms with E-state index in [0.717, 1.165) is 28.5 Å². The fourth-order valence-electron chi connectivity index (χ4n) is 6.58. The molecule has 0 saturated carbocycles. The number of nitrogens with zero attached hydrogens (tertiary/aromatic N) is 5. The molecule has 7 rings (SSSR count). The van der Waals surface area contributed by atoms with Crippen LogP contribution in [0, 0.1) is 17.0 Å². The molecule has 0 spiro atoms. The van der Waals surface area contributed by atoms with Gasteiger partial charge >= 0.3 is 0 Å². The summed E-state index contributed by atoms with van der Waals surface area (Å²) in [6.07, 6.45) is 2.44. The van der Waals surface area contributed by atoms with Crippen LogP contribution < -0.4 is 9.64 Å². The molecule has 0 atom stereocenters. The summed E-state index contributed by atoms with van der Waals surface area (Å²) in [6.45, 7) is 3.01. The fourth-order valence-corrected chi connectivity index (χ4v) is 6.58. The standard InChI is InChI=1S/C38H34N6O5/c1-24-32(38(46)43(23-28-10-6-7-11-36(28)49-3)29-13-12-26-21-39-40-34(26)19-29)20-35(41(24)2)33-18-30(44(47)48)14-15-31(33)37(45)42-17-16-25-8-4-5-9-27(25)22-42/h4-15,18-21H,16-17,22-23H2,1-3H3,(H,39,40). The molecule has 49 heavy (non-hydrogen) atoms. The summed E-state index contributed by atoms with van der Waals surface area (Å²) in [4.78, 5) is 43.7. The first-order chi connectivity index (χ1) is 23.7. The van der Waals surface area contributed by atoms with Crippen molar-refractivity contribution in [2.24, 2.45) is 7.05 Å². The van der Waals surface area contributed by atoms with Crippen LogP contribution in [-0.4, -0.2) is 50.1 Å². The zero-order valence-corrected chi connectivity index (χ0v) is 27.3. The molecule has 0 saturated heterocycles. The Balaban J connectivity index is 1.31. The largest absolute Gasteiger partial charge is 0.496 e. The number of carbonyl (C=O) groups is 2. The first-order valence-corrected chi connectivity index (χ1v) is 15.9. The zero-order valence-electron chi connectivity index (χ0n) is 27.3. The summed E-state index contributed by atoms with van der Waals surface area (Å²) >= 11 is 0. The SMILES string of the molecule is COc1ccccc1CN(C(=O)c1cc(-c2cc([N+](=O)[O-])ccc2C(=O)N2CCc3ccccc3C2)n(C)c1C)c1ccc2cn[nH]c2c1. The molecule has 3 heterocycles. The predicted molar refractivity (Wildman–Crippen MR) is 187 cm³/mol. The Morgan fingerprint density at radius 1 is 0.980 bits per heavy atom. The minimum Gasteiger partial charge on any atom is -0.496 e. The van der Waals surface area contributed by atoms with E-state index in [1.807, 2.05) is 72.2 Å². The van der Waals surface area contributed by atoms with Crippen LogP contribution >= 0.6 is 0 Å². The third kappa shape index (κ3) is 5.80. The van der Waals surface area contributed by atoms with Crippen molar-refractivity contribution in [3.8, 4) is 17.0 Å². The van der Waals surface area contributed by atoms with E-state index in [9.17, 15) is 19.7 Å². The van der Waals surface area contributed by atoms with E-state index < -0.39 is 4.92 Å². The molecule has 6 aromatic rings. The van der Waals surface area contributed by atoms with Crippen LogP contribution in [0.1, 0.15) is 43.1 Å². The first-order valence-electron chi connectivity index (χ1n) is 15.9. The fraction of sp³-hybridized carbons (Fsp3) is 0.184. The van der Waals surface area contributed by atoms with Crippen LogP contribution in [0.15, 0.2) is 97.2 Å². The van der Waals surface area contributed by atoms with E-state index in [4.69, 9.17) is 4.74 Å². The van der Waals surface area contributed by atoms with Gasteiger partial charge in [-0.2, -0.15) is 5.10 Å². The Bertz CT molecular complexity index is 2250. The zero-order chi connectivity index (χ0) is 34.2. The average Bonchev–Trinajstić information content (AvgIpc) is 3.72. The molecule has 0 unspecified atom stereocenters. The number of amides is 2. The lowest BCUT2D eigenvalue weighted by molar-refractivity contribution is -0.384. The van der Waals surface area contributed by atoms with Crippen molar-refractivity contribution >= 4 is 34.1 Å². The summed E-state index contributed by atoms with van der Waals surface area (Å²) in [5.41, 5.74) is 6.66. The number of hydrogen-bond acceptors (Lipinski definition) is 6. The Kier molecular flexibility index (Phi) is 8.17. The highest BCUT2D eigenvalue weighted by molar-refractivity contribution is 6.09. The molecule has 246 valence electrons. The van der Waals surface area contributed by atoms with Crippen LogP contribution in [0.5, 0.6) is 5.75 Å². The molecule has 1 aliphatic heterocycles. The van der Waals surface area contributed by atoms with Crippen LogP contribution in [0.3, 0.4) is 0 Å². The second-order valence-corrected chi connectivity index (χ2v) is 12.2. The van der Waals surface area contributed by atoms with Gasteiger partial charge in [0.05, 0.1) is 35.9 Å². The number of nitro benzene ring substituents is 1. The van der Waals surface area contributed by atoms with Gasteiger partial charge in [-0.3, -0.25) is 24.8 Å². The number of non-ortho nitro benzene ring substituents is 1. The summed E-state index contributed by atoms with van der Waals surface area (Å²) in [6, 6.07) is 27.3. The van der Waals surface area contributed by atoms with Gasteiger partial charge < -0.3 is 19.1 Å². The highest BCUT2D eigenvalue weighted by Gasteiger charge is 2.29. The summed E-state index contributed by atoms with van der Waals surface area (Å²) in [5.74, 6) is 0.139. The highest BCUT2D eigenvalue weighted by Crippen LogP contribution is 2.35. The Labute approximate surface area is 282 Å². The molecule has 0 radical (unpaired) electrons. The van der Waals surface area contributed by atoms with Crippen molar-refractivity contribution in [3.63, 3.8) is 0 Å². The number of methoxy groups -OCH3 is 1. The highest BCUT2D eigenvalue weighted by atomic mass is 16.6. The van der Waals surface area contributed by atoms with E-state index in [2.05, 4.69) is 16.3 Å². The number of carbonyl (C=O) groups excluding carboxylic acids is 2. The summed E-state index contributed by atoms with van der Waals surface area (Å²) < 4.78 is 7.43. The van der Waals surface area contributed by atoms with E-state index in [1.165, 1.54) is 23.8 Å².